The number of hydrogen-bond donors (Lipinski definition) is 0. The highest BCUT2D eigenvalue weighted by molar-refractivity contribution is 5.64. The molecule has 112 valence electrons. The molecule has 2 nitrogen and oxygen atoms in total. The Labute approximate surface area is 134 Å². The third-order valence-corrected chi connectivity index (χ3v) is 3.52. The van der Waals surface area contributed by atoms with Crippen LogP contribution in [0.25, 0.3) is 11.1 Å². The molecule has 0 bridgehead atoms. The van der Waals surface area contributed by atoms with Gasteiger partial charge in [0.2, 0.25) is 0 Å². The molecular formula is C20H14FNO. The van der Waals surface area contributed by atoms with Gasteiger partial charge in [0.15, 0.2) is 0 Å². The molecular weight excluding hydrogens is 289 g/mol. The fourth-order valence-electron chi connectivity index (χ4n) is 2.23. The molecule has 0 aliphatic heterocycles. The van der Waals surface area contributed by atoms with Crippen LogP contribution in [0.3, 0.4) is 0 Å². The zero-order valence-electron chi connectivity index (χ0n) is 12.4. The predicted octanol–water partition coefficient (Wildman–Crippen LogP) is 4.94. The van der Waals surface area contributed by atoms with E-state index in [1.807, 2.05) is 36.4 Å². The van der Waals surface area contributed by atoms with E-state index in [1.54, 1.807) is 24.3 Å². The van der Waals surface area contributed by atoms with E-state index in [9.17, 15) is 4.39 Å². The summed E-state index contributed by atoms with van der Waals surface area (Å²) >= 11 is 0. The van der Waals surface area contributed by atoms with Crippen molar-refractivity contribution in [1.29, 1.82) is 5.26 Å². The zero-order chi connectivity index (χ0) is 16.1. The van der Waals surface area contributed by atoms with E-state index in [2.05, 4.69) is 6.07 Å². The van der Waals surface area contributed by atoms with Crippen molar-refractivity contribution in [2.24, 2.45) is 0 Å². The Balaban J connectivity index is 1.66. The molecule has 0 saturated heterocycles. The third-order valence-electron chi connectivity index (χ3n) is 3.52. The van der Waals surface area contributed by atoms with Crippen LogP contribution in [-0.4, -0.2) is 0 Å². The molecule has 0 unspecified atom stereocenters. The lowest BCUT2D eigenvalue weighted by molar-refractivity contribution is 0.306. The second kappa shape index (κ2) is 6.76. The average Bonchev–Trinajstić information content (AvgIpc) is 2.62. The van der Waals surface area contributed by atoms with Crippen molar-refractivity contribution in [3.05, 3.63) is 89.7 Å². The molecule has 0 heterocycles. The molecule has 0 spiro atoms. The highest BCUT2D eigenvalue weighted by atomic mass is 19.1. The molecule has 3 heteroatoms. The molecule has 0 atom stereocenters. The van der Waals surface area contributed by atoms with Crippen LogP contribution in [0.15, 0.2) is 72.8 Å². The van der Waals surface area contributed by atoms with E-state index in [0.717, 1.165) is 22.4 Å². The molecule has 0 N–H and O–H groups in total. The fraction of sp³-hybridized carbons (Fsp3) is 0.0500. The Hall–Kier alpha value is -3.12. The van der Waals surface area contributed by atoms with Gasteiger partial charge in [-0.15, -0.1) is 0 Å². The normalized spacial score (nSPS) is 10.1. The minimum atomic E-state index is -0.250. The Morgan fingerprint density at radius 1 is 0.783 bits per heavy atom. The van der Waals surface area contributed by atoms with E-state index in [0.29, 0.717) is 12.2 Å². The number of ether oxygens (including phenoxy) is 1. The third kappa shape index (κ3) is 3.75. The first kappa shape index (κ1) is 14.8. The number of benzene rings is 3. The van der Waals surface area contributed by atoms with Crippen LogP contribution in [-0.2, 0) is 6.61 Å². The van der Waals surface area contributed by atoms with Crippen molar-refractivity contribution in [1.82, 2.24) is 0 Å². The summed E-state index contributed by atoms with van der Waals surface area (Å²) in [7, 11) is 0. The molecule has 3 aromatic carbocycles. The van der Waals surface area contributed by atoms with Crippen molar-refractivity contribution < 1.29 is 9.13 Å². The molecule has 0 radical (unpaired) electrons. The number of nitrogens with zero attached hydrogens (tertiary/aromatic N) is 1. The van der Waals surface area contributed by atoms with E-state index in [-0.39, 0.29) is 5.82 Å². The Morgan fingerprint density at radius 2 is 1.35 bits per heavy atom. The molecule has 0 aromatic heterocycles. The van der Waals surface area contributed by atoms with Crippen LogP contribution in [0.2, 0.25) is 0 Å². The Kier molecular flexibility index (Phi) is 4.35. The van der Waals surface area contributed by atoms with Crippen LogP contribution in [0.1, 0.15) is 11.1 Å². The summed E-state index contributed by atoms with van der Waals surface area (Å²) in [6, 6.07) is 23.6. The lowest BCUT2D eigenvalue weighted by Gasteiger charge is -2.08. The minimum Gasteiger partial charge on any atom is -0.489 e. The van der Waals surface area contributed by atoms with E-state index < -0.39 is 0 Å². The minimum absolute atomic E-state index is 0.250. The summed E-state index contributed by atoms with van der Waals surface area (Å²) in [5.74, 6) is 0.507. The van der Waals surface area contributed by atoms with Crippen molar-refractivity contribution in [3.8, 4) is 22.9 Å². The average molecular weight is 303 g/mol. The number of hydrogen-bond acceptors (Lipinski definition) is 2. The summed E-state index contributed by atoms with van der Waals surface area (Å²) in [4.78, 5) is 0. The first-order chi connectivity index (χ1) is 11.2. The summed E-state index contributed by atoms with van der Waals surface area (Å²) in [6.45, 7) is 0.399. The number of halogens is 1. The highest BCUT2D eigenvalue weighted by Gasteiger charge is 2.00. The van der Waals surface area contributed by atoms with Gasteiger partial charge in [-0.05, 0) is 53.1 Å². The van der Waals surface area contributed by atoms with Gasteiger partial charge >= 0.3 is 0 Å². The van der Waals surface area contributed by atoms with Gasteiger partial charge < -0.3 is 4.74 Å². The van der Waals surface area contributed by atoms with Gasteiger partial charge in [0.25, 0.3) is 0 Å². The first-order valence-corrected chi connectivity index (χ1v) is 7.22. The summed E-state index contributed by atoms with van der Waals surface area (Å²) in [6.07, 6.45) is 0. The van der Waals surface area contributed by atoms with Gasteiger partial charge in [-0.3, -0.25) is 0 Å². The van der Waals surface area contributed by atoms with Gasteiger partial charge in [-0.1, -0.05) is 36.4 Å². The maximum Gasteiger partial charge on any atom is 0.123 e. The van der Waals surface area contributed by atoms with Crippen LogP contribution in [0.5, 0.6) is 5.75 Å². The van der Waals surface area contributed by atoms with Gasteiger partial charge in [0.05, 0.1) is 11.6 Å². The van der Waals surface area contributed by atoms with E-state index in [4.69, 9.17) is 10.00 Å². The Bertz CT molecular complexity index is 816. The van der Waals surface area contributed by atoms with Crippen LogP contribution < -0.4 is 4.74 Å². The Morgan fingerprint density at radius 3 is 1.91 bits per heavy atom. The molecule has 0 fully saturated rings. The largest absolute Gasteiger partial charge is 0.489 e. The van der Waals surface area contributed by atoms with Crippen LogP contribution in [0, 0.1) is 17.1 Å². The monoisotopic (exact) mass is 303 g/mol. The molecule has 0 aliphatic carbocycles. The van der Waals surface area contributed by atoms with Gasteiger partial charge in [-0.2, -0.15) is 5.26 Å². The smallest absolute Gasteiger partial charge is 0.123 e. The molecule has 3 rings (SSSR count). The molecule has 0 amide bonds. The topological polar surface area (TPSA) is 33.0 Å². The van der Waals surface area contributed by atoms with E-state index >= 15 is 0 Å². The van der Waals surface area contributed by atoms with Crippen LogP contribution in [0.4, 0.5) is 4.39 Å². The van der Waals surface area contributed by atoms with Crippen LogP contribution >= 0.6 is 0 Å². The molecule has 0 saturated carbocycles. The summed E-state index contributed by atoms with van der Waals surface area (Å²) < 4.78 is 18.5. The maximum absolute atomic E-state index is 12.8. The summed E-state index contributed by atoms with van der Waals surface area (Å²) in [5, 5.41) is 8.82. The first-order valence-electron chi connectivity index (χ1n) is 7.22. The maximum atomic E-state index is 12.8. The highest BCUT2D eigenvalue weighted by Crippen LogP contribution is 2.23. The lowest BCUT2D eigenvalue weighted by Crippen LogP contribution is -1.95. The quantitative estimate of drug-likeness (QED) is 0.683. The second-order valence-electron chi connectivity index (χ2n) is 5.13. The molecule has 0 aliphatic rings. The lowest BCUT2D eigenvalue weighted by atomic mass is 10.0. The SMILES string of the molecule is N#Cc1ccc(-c2ccc(OCc3ccc(F)cc3)cc2)cc1. The van der Waals surface area contributed by atoms with Crippen molar-refractivity contribution in [3.63, 3.8) is 0 Å². The summed E-state index contributed by atoms with van der Waals surface area (Å²) in [5.41, 5.74) is 3.67. The van der Waals surface area contributed by atoms with Crippen molar-refractivity contribution in [2.75, 3.05) is 0 Å². The predicted molar refractivity (Wildman–Crippen MR) is 87.3 cm³/mol. The van der Waals surface area contributed by atoms with Gasteiger partial charge in [-0.25, -0.2) is 4.39 Å². The van der Waals surface area contributed by atoms with Gasteiger partial charge in [0, 0.05) is 0 Å². The van der Waals surface area contributed by atoms with E-state index in [1.165, 1.54) is 12.1 Å². The molecule has 3 aromatic rings. The zero-order valence-corrected chi connectivity index (χ0v) is 12.4. The molecule has 23 heavy (non-hydrogen) atoms. The number of rotatable bonds is 4. The van der Waals surface area contributed by atoms with Crippen molar-refractivity contribution >= 4 is 0 Å². The fourth-order valence-corrected chi connectivity index (χ4v) is 2.23. The standard InChI is InChI=1S/C20H14FNO/c21-19-9-3-16(4-10-19)14-23-20-11-7-18(8-12-20)17-5-1-15(13-22)2-6-17/h1-12H,14H2. The van der Waals surface area contributed by atoms with Gasteiger partial charge in [0.1, 0.15) is 18.2 Å². The number of nitriles is 1. The van der Waals surface area contributed by atoms with Crippen molar-refractivity contribution in [2.45, 2.75) is 6.61 Å². The second-order valence-corrected chi connectivity index (χ2v) is 5.13.